The summed E-state index contributed by atoms with van der Waals surface area (Å²) in [7, 11) is 0. The molecule has 0 aromatic rings. The monoisotopic (exact) mass is 152 g/mol. The van der Waals surface area contributed by atoms with E-state index in [0.717, 1.165) is 0 Å². The van der Waals surface area contributed by atoms with Gasteiger partial charge in [-0.3, -0.25) is 0 Å². The van der Waals surface area contributed by atoms with E-state index in [-0.39, 0.29) is 6.10 Å². The van der Waals surface area contributed by atoms with Crippen LogP contribution in [0.2, 0.25) is 0 Å². The van der Waals surface area contributed by atoms with E-state index in [1.807, 2.05) is 0 Å². The Morgan fingerprint density at radius 2 is 1.90 bits per heavy atom. The van der Waals surface area contributed by atoms with Crippen LogP contribution in [0.5, 0.6) is 0 Å². The lowest BCUT2D eigenvalue weighted by Gasteiger charge is -2.05. The van der Waals surface area contributed by atoms with Crippen molar-refractivity contribution in [1.82, 2.24) is 0 Å². The highest BCUT2D eigenvalue weighted by atomic mass is 19.4. The van der Waals surface area contributed by atoms with E-state index in [1.165, 1.54) is 0 Å². The van der Waals surface area contributed by atoms with Crippen molar-refractivity contribution in [3.05, 3.63) is 12.2 Å². The van der Waals surface area contributed by atoms with Gasteiger partial charge in [-0.25, -0.2) is 0 Å². The Hall–Kier alpha value is -0.510. The molecule has 0 radical (unpaired) electrons. The van der Waals surface area contributed by atoms with Crippen molar-refractivity contribution in [2.24, 2.45) is 0 Å². The summed E-state index contributed by atoms with van der Waals surface area (Å²) in [6.07, 6.45) is -5.40. The molecule has 0 aromatic carbocycles. The van der Waals surface area contributed by atoms with Crippen molar-refractivity contribution in [3.63, 3.8) is 0 Å². The number of alkyl halides is 3. The number of hydrogen-bond acceptors (Lipinski definition) is 1. The SMILES string of the molecule is C=C(C1OC1C)C(F)(F)F. The number of rotatable bonds is 1. The van der Waals surface area contributed by atoms with Crippen LogP contribution in [0.4, 0.5) is 13.2 Å². The van der Waals surface area contributed by atoms with E-state index in [1.54, 1.807) is 6.92 Å². The average molecular weight is 152 g/mol. The molecule has 0 aliphatic carbocycles. The van der Waals surface area contributed by atoms with E-state index in [4.69, 9.17) is 0 Å². The molecular weight excluding hydrogens is 145 g/mol. The molecule has 58 valence electrons. The lowest BCUT2D eigenvalue weighted by Crippen LogP contribution is -2.16. The summed E-state index contributed by atoms with van der Waals surface area (Å²) in [6.45, 7) is 4.47. The third-order valence-electron chi connectivity index (χ3n) is 1.42. The van der Waals surface area contributed by atoms with Crippen LogP contribution in [0.3, 0.4) is 0 Å². The summed E-state index contributed by atoms with van der Waals surface area (Å²) in [4.78, 5) is 0. The molecule has 1 saturated heterocycles. The molecule has 1 fully saturated rings. The van der Waals surface area contributed by atoms with Gasteiger partial charge in [-0.2, -0.15) is 13.2 Å². The molecule has 0 amide bonds. The molecule has 0 aromatic heterocycles. The first-order chi connectivity index (χ1) is 4.43. The van der Waals surface area contributed by atoms with Gasteiger partial charge in [-0.05, 0) is 6.92 Å². The minimum atomic E-state index is -4.30. The zero-order valence-electron chi connectivity index (χ0n) is 5.40. The van der Waals surface area contributed by atoms with Crippen LogP contribution >= 0.6 is 0 Å². The number of hydrogen-bond donors (Lipinski definition) is 0. The normalized spacial score (nSPS) is 32.0. The lowest BCUT2D eigenvalue weighted by molar-refractivity contribution is -0.0950. The predicted octanol–water partition coefficient (Wildman–Crippen LogP) is 1.89. The molecule has 0 saturated carbocycles. The highest BCUT2D eigenvalue weighted by molar-refractivity contribution is 5.16. The second kappa shape index (κ2) is 1.99. The minimum absolute atomic E-state index is 0.311. The molecule has 2 atom stereocenters. The van der Waals surface area contributed by atoms with Crippen molar-refractivity contribution >= 4 is 0 Å². The van der Waals surface area contributed by atoms with E-state index in [2.05, 4.69) is 11.3 Å². The van der Waals surface area contributed by atoms with Crippen molar-refractivity contribution in [3.8, 4) is 0 Å². The largest absolute Gasteiger partial charge is 0.414 e. The zero-order chi connectivity index (χ0) is 7.94. The molecule has 0 spiro atoms. The van der Waals surface area contributed by atoms with Crippen molar-refractivity contribution in [1.29, 1.82) is 0 Å². The van der Waals surface area contributed by atoms with Crippen molar-refractivity contribution in [2.75, 3.05) is 0 Å². The Morgan fingerprint density at radius 1 is 1.50 bits per heavy atom. The van der Waals surface area contributed by atoms with Gasteiger partial charge in [0.25, 0.3) is 0 Å². The molecule has 2 unspecified atom stereocenters. The van der Waals surface area contributed by atoms with Gasteiger partial charge in [-0.1, -0.05) is 6.58 Å². The Labute approximate surface area is 56.5 Å². The number of epoxide rings is 1. The average Bonchev–Trinajstić information content (AvgIpc) is 2.42. The maximum atomic E-state index is 11.7. The summed E-state index contributed by atoms with van der Waals surface area (Å²) >= 11 is 0. The first-order valence-electron chi connectivity index (χ1n) is 2.84. The van der Waals surface area contributed by atoms with Crippen LogP contribution in [-0.2, 0) is 4.74 Å². The maximum Gasteiger partial charge on any atom is 0.414 e. The smallest absolute Gasteiger partial charge is 0.365 e. The van der Waals surface area contributed by atoms with E-state index >= 15 is 0 Å². The molecular formula is C6H7F3O. The van der Waals surface area contributed by atoms with E-state index in [9.17, 15) is 13.2 Å². The standard InChI is InChI=1S/C6H7F3O/c1-3(6(7,8)9)5-4(2)10-5/h4-5H,1H2,2H3. The fraction of sp³-hybridized carbons (Fsp3) is 0.667. The summed E-state index contributed by atoms with van der Waals surface area (Å²) < 4.78 is 39.8. The van der Waals surface area contributed by atoms with Gasteiger partial charge in [0.1, 0.15) is 6.10 Å². The Bertz CT molecular complexity index is 161. The highest BCUT2D eigenvalue weighted by Gasteiger charge is 2.48. The fourth-order valence-corrected chi connectivity index (χ4v) is 0.713. The molecule has 1 aliphatic rings. The van der Waals surface area contributed by atoms with Gasteiger partial charge >= 0.3 is 6.18 Å². The first-order valence-corrected chi connectivity index (χ1v) is 2.84. The Balaban J connectivity index is 2.51. The summed E-state index contributed by atoms with van der Waals surface area (Å²) in [5, 5.41) is 0. The number of halogens is 3. The molecule has 0 bridgehead atoms. The maximum absolute atomic E-state index is 11.7. The minimum Gasteiger partial charge on any atom is -0.365 e. The quantitative estimate of drug-likeness (QED) is 0.413. The molecule has 1 aliphatic heterocycles. The highest BCUT2D eigenvalue weighted by Crippen LogP contribution is 2.37. The second-order valence-corrected chi connectivity index (χ2v) is 2.28. The molecule has 1 nitrogen and oxygen atoms in total. The first kappa shape index (κ1) is 7.60. The van der Waals surface area contributed by atoms with Gasteiger partial charge in [0.2, 0.25) is 0 Å². The summed E-state index contributed by atoms with van der Waals surface area (Å²) in [5.41, 5.74) is -0.778. The van der Waals surface area contributed by atoms with Crippen LogP contribution in [0.15, 0.2) is 12.2 Å². The van der Waals surface area contributed by atoms with Crippen LogP contribution in [0, 0.1) is 0 Å². The molecule has 4 heteroatoms. The summed E-state index contributed by atoms with van der Waals surface area (Å²) in [6, 6.07) is 0. The van der Waals surface area contributed by atoms with Crippen LogP contribution in [-0.4, -0.2) is 18.4 Å². The van der Waals surface area contributed by atoms with Gasteiger partial charge < -0.3 is 4.74 Å². The van der Waals surface area contributed by atoms with Crippen molar-refractivity contribution < 1.29 is 17.9 Å². The Morgan fingerprint density at radius 3 is 2.00 bits per heavy atom. The third-order valence-corrected chi connectivity index (χ3v) is 1.42. The van der Waals surface area contributed by atoms with Gasteiger partial charge in [0, 0.05) is 0 Å². The zero-order valence-corrected chi connectivity index (χ0v) is 5.40. The molecule has 0 N–H and O–H groups in total. The predicted molar refractivity (Wildman–Crippen MR) is 29.5 cm³/mol. The lowest BCUT2D eigenvalue weighted by atomic mass is 10.2. The van der Waals surface area contributed by atoms with Crippen LogP contribution in [0.25, 0.3) is 0 Å². The van der Waals surface area contributed by atoms with Gasteiger partial charge in [0.05, 0.1) is 11.7 Å². The Kier molecular flexibility index (Phi) is 1.51. The number of ether oxygens (including phenoxy) is 1. The fourth-order valence-electron chi connectivity index (χ4n) is 0.713. The molecule has 1 rings (SSSR count). The third kappa shape index (κ3) is 1.31. The molecule has 10 heavy (non-hydrogen) atoms. The van der Waals surface area contributed by atoms with Gasteiger partial charge in [-0.15, -0.1) is 0 Å². The molecule has 1 heterocycles. The second-order valence-electron chi connectivity index (χ2n) is 2.28. The van der Waals surface area contributed by atoms with E-state index < -0.39 is 17.9 Å². The van der Waals surface area contributed by atoms with Crippen LogP contribution < -0.4 is 0 Å². The van der Waals surface area contributed by atoms with Gasteiger partial charge in [0.15, 0.2) is 0 Å². The topological polar surface area (TPSA) is 12.5 Å². The van der Waals surface area contributed by atoms with E-state index in [0.29, 0.717) is 0 Å². The van der Waals surface area contributed by atoms with Crippen LogP contribution in [0.1, 0.15) is 6.92 Å². The summed E-state index contributed by atoms with van der Waals surface area (Å²) in [5.74, 6) is 0. The van der Waals surface area contributed by atoms with Crippen molar-refractivity contribution in [2.45, 2.75) is 25.3 Å².